The molecule has 58 valence electrons. The molecule has 1 aromatic rings. The Labute approximate surface area is 67.1 Å². The van der Waals surface area contributed by atoms with Crippen molar-refractivity contribution in [3.8, 4) is 12.3 Å². The molecule has 0 saturated heterocycles. The summed E-state index contributed by atoms with van der Waals surface area (Å²) in [7, 11) is 0. The lowest BCUT2D eigenvalue weighted by molar-refractivity contribution is -0.904. The minimum Gasteiger partial charge on any atom is -0.285 e. The molecular formula is C9H12NO+. The molecule has 2 heteroatoms. The van der Waals surface area contributed by atoms with Crippen molar-refractivity contribution in [1.82, 2.24) is 0 Å². The zero-order chi connectivity index (χ0) is 8.69. The van der Waals surface area contributed by atoms with Gasteiger partial charge in [-0.05, 0) is 19.4 Å². The van der Waals surface area contributed by atoms with E-state index in [-0.39, 0.29) is 0 Å². The van der Waals surface area contributed by atoms with Crippen LogP contribution in [-0.2, 0) is 0 Å². The van der Waals surface area contributed by atoms with Crippen LogP contribution in [-0.4, -0.2) is 5.21 Å². The van der Waals surface area contributed by atoms with E-state index in [1.807, 2.05) is 19.1 Å². The van der Waals surface area contributed by atoms with Gasteiger partial charge in [-0.25, -0.2) is 0 Å². The molecule has 0 atom stereocenters. The van der Waals surface area contributed by atoms with Crippen LogP contribution in [0.3, 0.4) is 0 Å². The van der Waals surface area contributed by atoms with E-state index in [9.17, 15) is 0 Å². The molecule has 1 N–H and O–H groups in total. The largest absolute Gasteiger partial charge is 0.285 e. The highest BCUT2D eigenvalue weighted by Crippen LogP contribution is 1.87. The van der Waals surface area contributed by atoms with Gasteiger partial charge in [-0.3, -0.25) is 5.21 Å². The molecule has 0 bridgehead atoms. The maximum Gasteiger partial charge on any atom is 0.222 e. The van der Waals surface area contributed by atoms with E-state index in [1.54, 1.807) is 19.3 Å². The highest BCUT2D eigenvalue weighted by molar-refractivity contribution is 5.02. The maximum absolute atomic E-state index is 8.67. The lowest BCUT2D eigenvalue weighted by Crippen LogP contribution is -2.27. The van der Waals surface area contributed by atoms with Gasteiger partial charge in [-0.15, -0.1) is 12.3 Å². The van der Waals surface area contributed by atoms with Crippen LogP contribution in [0.15, 0.2) is 24.5 Å². The van der Waals surface area contributed by atoms with Crippen LogP contribution in [0.2, 0.25) is 0 Å². The summed E-state index contributed by atoms with van der Waals surface area (Å²) >= 11 is 0. The Morgan fingerprint density at radius 1 is 1.45 bits per heavy atom. The highest BCUT2D eigenvalue weighted by Gasteiger charge is 1.89. The molecule has 0 saturated carbocycles. The molecule has 1 rings (SSSR count). The molecule has 0 aliphatic heterocycles. The Morgan fingerprint density at radius 3 is 2.09 bits per heavy atom. The minimum absolute atomic E-state index is 1.02. The minimum atomic E-state index is 1.02. The number of aryl methyl sites for hydroxylation is 1. The molecule has 11 heavy (non-hydrogen) atoms. The number of aromatic nitrogens is 1. The molecule has 0 aliphatic rings. The SMILES string of the molecule is C#CC.Cc1cc[n+](O)cc1. The van der Waals surface area contributed by atoms with Gasteiger partial charge in [-0.1, -0.05) is 0 Å². The van der Waals surface area contributed by atoms with E-state index >= 15 is 0 Å². The van der Waals surface area contributed by atoms with Crippen molar-refractivity contribution in [2.75, 3.05) is 0 Å². The predicted molar refractivity (Wildman–Crippen MR) is 43.1 cm³/mol. The van der Waals surface area contributed by atoms with E-state index in [2.05, 4.69) is 12.3 Å². The molecule has 0 amide bonds. The van der Waals surface area contributed by atoms with Crippen LogP contribution < -0.4 is 4.73 Å². The molecule has 1 heterocycles. The summed E-state index contributed by atoms with van der Waals surface area (Å²) < 4.78 is 1.02. The Kier molecular flexibility index (Phi) is 4.59. The third-order valence-electron chi connectivity index (χ3n) is 0.980. The summed E-state index contributed by atoms with van der Waals surface area (Å²) in [4.78, 5) is 0. The molecular weight excluding hydrogens is 138 g/mol. The first-order chi connectivity index (χ1) is 5.20. The van der Waals surface area contributed by atoms with E-state index in [0.717, 1.165) is 10.3 Å². The van der Waals surface area contributed by atoms with Gasteiger partial charge in [0.25, 0.3) is 0 Å². The van der Waals surface area contributed by atoms with Gasteiger partial charge in [0.15, 0.2) is 0 Å². The standard InChI is InChI=1S/C6H8NO.C3H4/c1-6-2-4-7(8)5-3-6;1-3-2/h2-5,8H,1H3;1H,2H3/q+1;. The average molecular weight is 150 g/mol. The zero-order valence-corrected chi connectivity index (χ0v) is 6.78. The first-order valence-corrected chi connectivity index (χ1v) is 3.25. The van der Waals surface area contributed by atoms with Gasteiger partial charge < -0.3 is 0 Å². The molecule has 0 aromatic carbocycles. The summed E-state index contributed by atoms with van der Waals surface area (Å²) in [6.07, 6.45) is 7.78. The normalized spacial score (nSPS) is 7.36. The van der Waals surface area contributed by atoms with Gasteiger partial charge in [0.1, 0.15) is 0 Å². The number of nitrogens with zero attached hydrogens (tertiary/aromatic N) is 1. The van der Waals surface area contributed by atoms with Crippen molar-refractivity contribution in [3.05, 3.63) is 30.1 Å². The molecule has 0 spiro atoms. The van der Waals surface area contributed by atoms with Crippen molar-refractivity contribution in [1.29, 1.82) is 0 Å². The van der Waals surface area contributed by atoms with Crippen molar-refractivity contribution in [2.24, 2.45) is 0 Å². The number of rotatable bonds is 0. The third-order valence-corrected chi connectivity index (χ3v) is 0.980. The van der Waals surface area contributed by atoms with Crippen LogP contribution in [0.5, 0.6) is 0 Å². The van der Waals surface area contributed by atoms with Gasteiger partial charge in [0, 0.05) is 16.9 Å². The van der Waals surface area contributed by atoms with Crippen LogP contribution in [0.1, 0.15) is 12.5 Å². The average Bonchev–Trinajstić information content (AvgIpc) is 1.97. The fourth-order valence-corrected chi connectivity index (χ4v) is 0.493. The fraction of sp³-hybridized carbons (Fsp3) is 0.222. The van der Waals surface area contributed by atoms with Gasteiger partial charge >= 0.3 is 0 Å². The van der Waals surface area contributed by atoms with Gasteiger partial charge in [0.05, 0.1) is 0 Å². The molecule has 0 radical (unpaired) electrons. The Morgan fingerprint density at radius 2 is 1.82 bits per heavy atom. The quantitative estimate of drug-likeness (QED) is 0.335. The first-order valence-electron chi connectivity index (χ1n) is 3.25. The topological polar surface area (TPSA) is 24.1 Å². The van der Waals surface area contributed by atoms with Crippen molar-refractivity contribution >= 4 is 0 Å². The number of pyridine rings is 1. The highest BCUT2D eigenvalue weighted by atomic mass is 16.5. The second kappa shape index (κ2) is 5.31. The van der Waals surface area contributed by atoms with Crippen LogP contribution in [0, 0.1) is 19.3 Å². The van der Waals surface area contributed by atoms with E-state index < -0.39 is 0 Å². The van der Waals surface area contributed by atoms with Crippen LogP contribution in [0.4, 0.5) is 0 Å². The molecule has 2 nitrogen and oxygen atoms in total. The third kappa shape index (κ3) is 4.98. The fourth-order valence-electron chi connectivity index (χ4n) is 0.493. The molecule has 0 fully saturated rings. The molecule has 0 aliphatic carbocycles. The Bertz CT molecular complexity index is 212. The van der Waals surface area contributed by atoms with E-state index in [4.69, 9.17) is 5.21 Å². The van der Waals surface area contributed by atoms with Crippen molar-refractivity contribution in [3.63, 3.8) is 0 Å². The molecule has 1 aromatic heterocycles. The predicted octanol–water partition coefficient (Wildman–Crippen LogP) is 1.16. The first kappa shape index (κ1) is 9.51. The van der Waals surface area contributed by atoms with Crippen LogP contribution in [0.25, 0.3) is 0 Å². The second-order valence-corrected chi connectivity index (χ2v) is 2.04. The van der Waals surface area contributed by atoms with Gasteiger partial charge in [-0.2, -0.15) is 0 Å². The number of terminal acetylenes is 1. The van der Waals surface area contributed by atoms with Crippen LogP contribution >= 0.6 is 0 Å². The maximum atomic E-state index is 8.67. The summed E-state index contributed by atoms with van der Waals surface area (Å²) in [5.74, 6) is 2.25. The smallest absolute Gasteiger partial charge is 0.222 e. The Hall–Kier alpha value is -1.49. The number of hydrogen-bond donors (Lipinski definition) is 1. The number of hydrogen-bond acceptors (Lipinski definition) is 1. The van der Waals surface area contributed by atoms with Gasteiger partial charge in [0.2, 0.25) is 12.4 Å². The summed E-state index contributed by atoms with van der Waals surface area (Å²) in [5.41, 5.74) is 1.15. The lowest BCUT2D eigenvalue weighted by atomic mass is 10.3. The second-order valence-electron chi connectivity index (χ2n) is 2.04. The summed E-state index contributed by atoms with van der Waals surface area (Å²) in [6, 6.07) is 3.67. The van der Waals surface area contributed by atoms with Crippen molar-refractivity contribution < 1.29 is 9.94 Å². The summed E-state index contributed by atoms with van der Waals surface area (Å²) in [5, 5.41) is 8.67. The Balaban J connectivity index is 0.000000292. The lowest BCUT2D eigenvalue weighted by Gasteiger charge is -1.82. The zero-order valence-electron chi connectivity index (χ0n) is 6.78. The molecule has 0 unspecified atom stereocenters. The van der Waals surface area contributed by atoms with Crippen molar-refractivity contribution in [2.45, 2.75) is 13.8 Å². The van der Waals surface area contributed by atoms with E-state index in [1.165, 1.54) is 0 Å². The monoisotopic (exact) mass is 150 g/mol. The van der Waals surface area contributed by atoms with E-state index in [0.29, 0.717) is 0 Å². The summed E-state index contributed by atoms with van der Waals surface area (Å²) in [6.45, 7) is 3.62.